The van der Waals surface area contributed by atoms with Gasteiger partial charge in [-0.1, -0.05) is 53.6 Å². The Kier molecular flexibility index (Phi) is 27.7. The summed E-state index contributed by atoms with van der Waals surface area (Å²) in [5.41, 5.74) is -1.92. The molecule has 0 bridgehead atoms. The van der Waals surface area contributed by atoms with Crippen molar-refractivity contribution in [3.8, 4) is 5.88 Å². The Balaban J connectivity index is 1.48. The van der Waals surface area contributed by atoms with E-state index in [1.807, 2.05) is 27.7 Å². The van der Waals surface area contributed by atoms with Crippen LogP contribution >= 0.6 is 0 Å². The predicted molar refractivity (Wildman–Crippen MR) is 319 cm³/mol. The third-order valence-electron chi connectivity index (χ3n) is 17.9. The van der Waals surface area contributed by atoms with Crippen LogP contribution in [-0.4, -0.2) is 230 Å². The number of hydrogen-bond acceptors (Lipinski definition) is 25. The number of nitrogens with zero attached hydrogens (tertiary/aromatic N) is 4. The van der Waals surface area contributed by atoms with E-state index in [1.165, 1.54) is 28.3 Å². The minimum absolute atomic E-state index is 0.0385. The number of cyclic esters (lactones) is 1. The monoisotopic (exact) mass is 1270 g/mol. The number of carbonyl (C=O) groups excluding carboxylic acids is 5. The standard InChI is InChI=1S/C62H102N6O21/c1-31(2)23-46(70)85-52-38(9)51(33(4)30-81-60-55(78-15)54(77-14)48(71)41(12)84-60)87-58(75)40(11)53(86-47-24-34(5)68(29-36(7)82-47)42-17-21-80-22-18-42)37(8)50(88-59-49(72)43(67-79-16)25-35(6)83-59)32(3)26-62(13,56(73)39(52)10)89-61(76)64-20-19-63-57(74)44-27-66-45(69)28-65-44/h27-28,31-42,47-55,59-60,71-72H,17-26,29-30H2,1-16H3,(H,63,74)(H,64,76)(H,66,69)/t32-,33-,34?,35+,36-,37+,38-,39+,40+,41+,47-,48+,49+,50-,51?,52+,53-,54+,55+,59-,60+,62-/m0/s1. The largest absolute Gasteiger partial charge is 0.492 e. The van der Waals surface area contributed by atoms with Crippen LogP contribution in [0.2, 0.25) is 0 Å². The van der Waals surface area contributed by atoms with E-state index in [9.17, 15) is 29.7 Å². The van der Waals surface area contributed by atoms with Gasteiger partial charge in [-0.2, -0.15) is 0 Å². The molecule has 22 atom stereocenters. The molecule has 6 rings (SSSR count). The predicted octanol–water partition coefficient (Wildman–Crippen LogP) is 4.48. The number of methoxy groups -OCH3 is 2. The van der Waals surface area contributed by atoms with Gasteiger partial charge in [-0.15, -0.1) is 0 Å². The van der Waals surface area contributed by atoms with Gasteiger partial charge < -0.3 is 87.6 Å². The molecule has 0 aliphatic carbocycles. The van der Waals surface area contributed by atoms with Crippen molar-refractivity contribution in [3.63, 3.8) is 0 Å². The van der Waals surface area contributed by atoms with E-state index in [-0.39, 0.29) is 80.4 Å². The molecule has 506 valence electrons. The molecule has 5 N–H and O–H groups in total. The van der Waals surface area contributed by atoms with Crippen LogP contribution in [0, 0.1) is 41.4 Å². The Labute approximate surface area is 523 Å². The summed E-state index contributed by atoms with van der Waals surface area (Å²) in [7, 11) is 4.24. The van der Waals surface area contributed by atoms with Gasteiger partial charge in [-0.25, -0.2) is 14.8 Å². The van der Waals surface area contributed by atoms with E-state index in [0.717, 1.165) is 25.2 Å². The third kappa shape index (κ3) is 19.4. The maximum absolute atomic E-state index is 16.0. The molecule has 1 aromatic rings. The SMILES string of the molecule is CON=C1C[C@@H](C)O[C@@H](O[C@@H]2[C@@H](C)[C@H](O[C@H]3CC(C)N(C4CCOCC4)C[C@H](C)O3)[C@@H](C)C(=O)OC([C@@H](C)CO[C@@H]3O[C@H](C)[C@@H](O)[C@@H](OC)[C@H]3OC)[C@H](C)[C@@H](OC(=O)CC(C)C)[C@@H](C)C(=O)[C@@](C)(OC(=O)NCCNC(=O)c3cnc(O)cn3)C[C@@H]2C)[C@@H]1O. The number of esters is 2. The molecule has 2 amide bonds. The molecule has 0 aromatic carbocycles. The molecule has 27 heteroatoms. The Bertz CT molecular complexity index is 2460. The molecule has 0 radical (unpaired) electrons. The van der Waals surface area contributed by atoms with Gasteiger partial charge in [0.25, 0.3) is 5.91 Å². The highest BCUT2D eigenvalue weighted by Gasteiger charge is 2.53. The van der Waals surface area contributed by atoms with Gasteiger partial charge >= 0.3 is 18.0 Å². The van der Waals surface area contributed by atoms with Crippen molar-refractivity contribution in [3.05, 3.63) is 18.1 Å². The molecule has 5 aliphatic heterocycles. The van der Waals surface area contributed by atoms with E-state index in [1.54, 1.807) is 48.5 Å². The van der Waals surface area contributed by atoms with Crippen LogP contribution in [-0.2, 0) is 76.1 Å². The van der Waals surface area contributed by atoms with Gasteiger partial charge in [-0.05, 0) is 72.6 Å². The molecule has 5 aliphatic rings. The zero-order valence-electron chi connectivity index (χ0n) is 54.9. The summed E-state index contributed by atoms with van der Waals surface area (Å²) in [6.45, 7) is 24.5. The number of aliphatic hydroxyl groups is 2. The lowest BCUT2D eigenvalue weighted by atomic mass is 9.74. The molecule has 5 fully saturated rings. The summed E-state index contributed by atoms with van der Waals surface area (Å²) in [6.07, 6.45) is -10.8. The van der Waals surface area contributed by atoms with Crippen molar-refractivity contribution in [2.45, 2.75) is 232 Å². The number of alkyl carbamates (subject to hydrolysis) is 1. The number of Topliss-reactive ketones (excluding diaryl/α,β-unsaturated/α-hetero) is 1. The van der Waals surface area contributed by atoms with Crippen molar-refractivity contribution in [1.82, 2.24) is 25.5 Å². The lowest BCUT2D eigenvalue weighted by Gasteiger charge is -2.45. The summed E-state index contributed by atoms with van der Waals surface area (Å²) in [6, 6.07) is 0.206. The van der Waals surface area contributed by atoms with Gasteiger partial charge in [0.1, 0.15) is 49.4 Å². The fraction of sp³-hybridized carbons (Fsp3) is 0.839. The first-order chi connectivity index (χ1) is 42.1. The van der Waals surface area contributed by atoms with Crippen LogP contribution in [0.5, 0.6) is 5.88 Å². The average Bonchev–Trinajstić information content (AvgIpc) is 1.51. The first-order valence-corrected chi connectivity index (χ1v) is 31.6. The zero-order chi connectivity index (χ0) is 65.6. The van der Waals surface area contributed by atoms with Crippen molar-refractivity contribution >= 4 is 35.4 Å². The molecule has 0 saturated carbocycles. The van der Waals surface area contributed by atoms with Crippen molar-refractivity contribution < 1.29 is 101 Å². The van der Waals surface area contributed by atoms with E-state index in [0.29, 0.717) is 26.2 Å². The van der Waals surface area contributed by atoms with Gasteiger partial charge in [0.05, 0.1) is 67.1 Å². The van der Waals surface area contributed by atoms with Crippen LogP contribution < -0.4 is 10.6 Å². The van der Waals surface area contributed by atoms with Gasteiger partial charge in [0.15, 0.2) is 30.3 Å². The molecule has 5 saturated heterocycles. The summed E-state index contributed by atoms with van der Waals surface area (Å²) in [4.78, 5) is 88.0. The van der Waals surface area contributed by atoms with Crippen LogP contribution in [0.15, 0.2) is 17.5 Å². The summed E-state index contributed by atoms with van der Waals surface area (Å²) < 4.78 is 76.6. The smallest absolute Gasteiger partial charge is 0.408 e. The lowest BCUT2D eigenvalue weighted by molar-refractivity contribution is -0.305. The van der Waals surface area contributed by atoms with Crippen molar-refractivity contribution in [2.75, 3.05) is 60.8 Å². The summed E-state index contributed by atoms with van der Waals surface area (Å²) in [5.74, 6) is -9.05. The highest BCUT2D eigenvalue weighted by molar-refractivity contribution is 5.92. The number of aliphatic hydroxyl groups excluding tert-OH is 2. The second-order valence-electron chi connectivity index (χ2n) is 25.7. The number of aromatic nitrogens is 2. The molecular weight excluding hydrogens is 1160 g/mol. The van der Waals surface area contributed by atoms with Crippen LogP contribution in [0.3, 0.4) is 0 Å². The van der Waals surface area contributed by atoms with Crippen LogP contribution in [0.4, 0.5) is 4.79 Å². The number of amides is 2. The number of ketones is 1. The fourth-order valence-electron chi connectivity index (χ4n) is 13.2. The molecule has 6 heterocycles. The number of nitrogens with one attached hydrogen (secondary N) is 2. The maximum Gasteiger partial charge on any atom is 0.408 e. The highest BCUT2D eigenvalue weighted by atomic mass is 16.7. The Hall–Kier alpha value is -4.78. The number of carbonyl (C=O) groups is 5. The van der Waals surface area contributed by atoms with Crippen molar-refractivity contribution in [1.29, 1.82) is 0 Å². The Morgan fingerprint density at radius 3 is 2.13 bits per heavy atom. The molecule has 2 unspecified atom stereocenters. The quantitative estimate of drug-likeness (QED) is 0.0520. The lowest BCUT2D eigenvalue weighted by Crippen LogP contribution is -2.59. The highest BCUT2D eigenvalue weighted by Crippen LogP contribution is 2.41. The van der Waals surface area contributed by atoms with Gasteiger partial charge in [0.2, 0.25) is 5.88 Å². The first-order valence-electron chi connectivity index (χ1n) is 31.6. The molecule has 0 spiro atoms. The van der Waals surface area contributed by atoms with Crippen LogP contribution in [0.1, 0.15) is 139 Å². The van der Waals surface area contributed by atoms with E-state index in [2.05, 4.69) is 37.6 Å². The normalized spacial score (nSPS) is 37.5. The zero-order valence-corrected chi connectivity index (χ0v) is 54.9. The minimum atomic E-state index is -2.08. The first kappa shape index (κ1) is 73.3. The van der Waals surface area contributed by atoms with Gasteiger partial charge in [0, 0.05) is 96.2 Å². The number of ether oxygens (including phenoxy) is 12. The minimum Gasteiger partial charge on any atom is -0.492 e. The number of aromatic hydroxyl groups is 1. The molecule has 27 nitrogen and oxygen atoms in total. The summed E-state index contributed by atoms with van der Waals surface area (Å²) >= 11 is 0. The van der Waals surface area contributed by atoms with Gasteiger partial charge in [-0.3, -0.25) is 24.1 Å². The average molecular weight is 1270 g/mol. The topological polar surface area (TPSA) is 331 Å². The number of oxime groups is 1. The molecule has 89 heavy (non-hydrogen) atoms. The summed E-state index contributed by atoms with van der Waals surface area (Å²) in [5, 5.41) is 41.9. The van der Waals surface area contributed by atoms with E-state index >= 15 is 9.59 Å². The van der Waals surface area contributed by atoms with Crippen LogP contribution in [0.25, 0.3) is 0 Å². The number of hydrogen-bond donors (Lipinski definition) is 5. The fourth-order valence-corrected chi connectivity index (χ4v) is 13.2. The van der Waals surface area contributed by atoms with E-state index in [4.69, 9.17) is 61.7 Å². The Morgan fingerprint density at radius 1 is 0.809 bits per heavy atom. The maximum atomic E-state index is 16.0. The Morgan fingerprint density at radius 2 is 1.49 bits per heavy atom. The second-order valence-corrected chi connectivity index (χ2v) is 25.7. The number of rotatable bonds is 20. The van der Waals surface area contributed by atoms with Crippen molar-refractivity contribution in [2.24, 2.45) is 46.6 Å². The third-order valence-corrected chi connectivity index (χ3v) is 17.9. The molecule has 1 aromatic heterocycles. The molecular formula is C62H102N6O21. The second kappa shape index (κ2) is 33.7. The van der Waals surface area contributed by atoms with E-state index < -0.39 is 151 Å².